The van der Waals surface area contributed by atoms with Crippen LogP contribution < -0.4 is 10.2 Å². The van der Waals surface area contributed by atoms with Crippen LogP contribution in [0.3, 0.4) is 0 Å². The minimum Gasteiger partial charge on any atom is -0.491 e. The predicted octanol–water partition coefficient (Wildman–Crippen LogP) is 1.38. The molecular formula is C15H20BFO4. The highest BCUT2D eigenvalue weighted by Crippen LogP contribution is 2.43. The van der Waals surface area contributed by atoms with Gasteiger partial charge < -0.3 is 19.5 Å². The normalized spacial score (nSPS) is 23.7. The molecule has 1 saturated heterocycles. The molecule has 1 aromatic rings. The Morgan fingerprint density at radius 3 is 2.71 bits per heavy atom. The van der Waals surface area contributed by atoms with Crippen LogP contribution in [-0.2, 0) is 4.74 Å². The first kappa shape index (κ1) is 14.8. The van der Waals surface area contributed by atoms with Crippen molar-refractivity contribution >= 4 is 12.6 Å². The second-order valence-electron chi connectivity index (χ2n) is 6.07. The molecule has 1 unspecified atom stereocenters. The zero-order valence-electron chi connectivity index (χ0n) is 11.9. The van der Waals surface area contributed by atoms with Crippen molar-refractivity contribution in [1.82, 2.24) is 0 Å². The van der Waals surface area contributed by atoms with Gasteiger partial charge >= 0.3 is 7.12 Å². The second-order valence-corrected chi connectivity index (χ2v) is 6.07. The predicted molar refractivity (Wildman–Crippen MR) is 77.0 cm³/mol. The molecule has 3 rings (SSSR count). The van der Waals surface area contributed by atoms with E-state index in [9.17, 15) is 4.39 Å². The third-order valence-corrected chi connectivity index (χ3v) is 4.48. The van der Waals surface area contributed by atoms with Gasteiger partial charge in [0.2, 0.25) is 0 Å². The lowest BCUT2D eigenvalue weighted by Crippen LogP contribution is -2.30. The van der Waals surface area contributed by atoms with Gasteiger partial charge in [-0.1, -0.05) is 12.8 Å². The monoisotopic (exact) mass is 294 g/mol. The number of hydrogen-bond acceptors (Lipinski definition) is 4. The SMILES string of the molecule is OB(O)c1cc(F)cc(OCC2CCC3(CCCC3)O2)c1. The van der Waals surface area contributed by atoms with Crippen LogP contribution in [0.25, 0.3) is 0 Å². The summed E-state index contributed by atoms with van der Waals surface area (Å²) in [6.07, 6.45) is 6.79. The molecule has 2 fully saturated rings. The Hall–Kier alpha value is -1.11. The molecule has 114 valence electrons. The minimum absolute atomic E-state index is 0.0360. The summed E-state index contributed by atoms with van der Waals surface area (Å²) in [6.45, 7) is 0.367. The largest absolute Gasteiger partial charge is 0.491 e. The first-order valence-corrected chi connectivity index (χ1v) is 7.54. The molecule has 1 spiro atoms. The summed E-state index contributed by atoms with van der Waals surface area (Å²) in [5.74, 6) is -0.246. The summed E-state index contributed by atoms with van der Waals surface area (Å²) in [5, 5.41) is 18.2. The van der Waals surface area contributed by atoms with E-state index < -0.39 is 12.9 Å². The molecule has 1 saturated carbocycles. The zero-order valence-corrected chi connectivity index (χ0v) is 11.9. The smallest absolute Gasteiger partial charge is 0.488 e. The van der Waals surface area contributed by atoms with Crippen LogP contribution in [0.2, 0.25) is 0 Å². The zero-order chi connectivity index (χ0) is 14.9. The molecule has 0 bridgehead atoms. The van der Waals surface area contributed by atoms with Gasteiger partial charge in [-0.15, -0.1) is 0 Å². The Balaban J connectivity index is 1.58. The molecule has 1 aromatic carbocycles. The van der Waals surface area contributed by atoms with Gasteiger partial charge in [-0.25, -0.2) is 4.39 Å². The van der Waals surface area contributed by atoms with E-state index in [-0.39, 0.29) is 17.2 Å². The number of rotatable bonds is 4. The molecular weight excluding hydrogens is 274 g/mol. The molecule has 0 radical (unpaired) electrons. The summed E-state index contributed by atoms with van der Waals surface area (Å²) in [4.78, 5) is 0. The van der Waals surface area contributed by atoms with Crippen molar-refractivity contribution in [3.63, 3.8) is 0 Å². The number of hydrogen-bond donors (Lipinski definition) is 2. The maximum Gasteiger partial charge on any atom is 0.488 e. The van der Waals surface area contributed by atoms with Crippen LogP contribution in [0.15, 0.2) is 18.2 Å². The van der Waals surface area contributed by atoms with Crippen LogP contribution in [0.5, 0.6) is 5.75 Å². The Bertz CT molecular complexity index is 502. The Labute approximate surface area is 124 Å². The summed E-state index contributed by atoms with van der Waals surface area (Å²) < 4.78 is 25.1. The summed E-state index contributed by atoms with van der Waals surface area (Å²) >= 11 is 0. The minimum atomic E-state index is -1.70. The van der Waals surface area contributed by atoms with Crippen molar-refractivity contribution in [3.8, 4) is 5.75 Å². The first-order chi connectivity index (χ1) is 10.1. The van der Waals surface area contributed by atoms with Gasteiger partial charge in [0.25, 0.3) is 0 Å². The van der Waals surface area contributed by atoms with Gasteiger partial charge in [0.05, 0.1) is 11.7 Å². The molecule has 21 heavy (non-hydrogen) atoms. The van der Waals surface area contributed by atoms with Crippen molar-refractivity contribution in [2.45, 2.75) is 50.2 Å². The topological polar surface area (TPSA) is 58.9 Å². The molecule has 1 heterocycles. The fourth-order valence-electron chi connectivity index (χ4n) is 3.41. The maximum atomic E-state index is 13.4. The van der Waals surface area contributed by atoms with E-state index in [0.29, 0.717) is 12.4 Å². The Morgan fingerprint density at radius 2 is 2.00 bits per heavy atom. The summed E-state index contributed by atoms with van der Waals surface area (Å²) in [7, 11) is -1.70. The van der Waals surface area contributed by atoms with Crippen molar-refractivity contribution in [1.29, 1.82) is 0 Å². The van der Waals surface area contributed by atoms with E-state index in [1.165, 1.54) is 25.0 Å². The van der Waals surface area contributed by atoms with E-state index in [1.807, 2.05) is 0 Å². The molecule has 6 heteroatoms. The van der Waals surface area contributed by atoms with E-state index in [0.717, 1.165) is 31.7 Å². The van der Waals surface area contributed by atoms with Crippen molar-refractivity contribution < 1.29 is 23.9 Å². The van der Waals surface area contributed by atoms with Gasteiger partial charge in [0.15, 0.2) is 0 Å². The van der Waals surface area contributed by atoms with Crippen LogP contribution in [0.4, 0.5) is 4.39 Å². The van der Waals surface area contributed by atoms with Crippen LogP contribution >= 0.6 is 0 Å². The van der Waals surface area contributed by atoms with Crippen LogP contribution in [0.1, 0.15) is 38.5 Å². The summed E-state index contributed by atoms with van der Waals surface area (Å²) in [5.41, 5.74) is 0.146. The second kappa shape index (κ2) is 5.95. The highest BCUT2D eigenvalue weighted by Gasteiger charge is 2.42. The lowest BCUT2D eigenvalue weighted by molar-refractivity contribution is -0.0509. The molecule has 0 amide bonds. The molecule has 1 aliphatic carbocycles. The molecule has 2 N–H and O–H groups in total. The standard InChI is InChI=1S/C15H20BFO4/c17-12-7-11(16(18)19)8-14(9-12)20-10-13-3-6-15(21-13)4-1-2-5-15/h7-9,13,18-19H,1-6,10H2. The van der Waals surface area contributed by atoms with Gasteiger partial charge in [-0.2, -0.15) is 0 Å². The Kier molecular flexibility index (Phi) is 4.20. The first-order valence-electron chi connectivity index (χ1n) is 7.54. The third kappa shape index (κ3) is 3.39. The van der Waals surface area contributed by atoms with Crippen molar-refractivity contribution in [2.75, 3.05) is 6.61 Å². The lowest BCUT2D eigenvalue weighted by Gasteiger charge is -2.23. The third-order valence-electron chi connectivity index (χ3n) is 4.48. The molecule has 2 aliphatic rings. The highest BCUT2D eigenvalue weighted by molar-refractivity contribution is 6.58. The van der Waals surface area contributed by atoms with E-state index in [1.54, 1.807) is 0 Å². The van der Waals surface area contributed by atoms with E-state index >= 15 is 0 Å². The van der Waals surface area contributed by atoms with Crippen LogP contribution in [0, 0.1) is 5.82 Å². The van der Waals surface area contributed by atoms with Gasteiger partial charge in [-0.3, -0.25) is 0 Å². The average molecular weight is 294 g/mol. The fourth-order valence-corrected chi connectivity index (χ4v) is 3.41. The molecule has 1 aliphatic heterocycles. The Morgan fingerprint density at radius 1 is 1.24 bits per heavy atom. The van der Waals surface area contributed by atoms with E-state index in [4.69, 9.17) is 19.5 Å². The van der Waals surface area contributed by atoms with Gasteiger partial charge in [0.1, 0.15) is 18.2 Å². The van der Waals surface area contributed by atoms with Crippen molar-refractivity contribution in [3.05, 3.63) is 24.0 Å². The molecule has 4 nitrogen and oxygen atoms in total. The lowest BCUT2D eigenvalue weighted by atomic mass is 9.80. The van der Waals surface area contributed by atoms with E-state index in [2.05, 4.69) is 0 Å². The molecule has 1 atom stereocenters. The molecule has 0 aromatic heterocycles. The van der Waals surface area contributed by atoms with Gasteiger partial charge in [0, 0.05) is 6.07 Å². The maximum absolute atomic E-state index is 13.4. The van der Waals surface area contributed by atoms with Crippen molar-refractivity contribution in [2.24, 2.45) is 0 Å². The number of halogens is 1. The highest BCUT2D eigenvalue weighted by atomic mass is 19.1. The van der Waals surface area contributed by atoms with Crippen LogP contribution in [-0.4, -0.2) is 35.5 Å². The fraction of sp³-hybridized carbons (Fsp3) is 0.600. The number of benzene rings is 1. The number of ether oxygens (including phenoxy) is 2. The quantitative estimate of drug-likeness (QED) is 0.824. The average Bonchev–Trinajstić information content (AvgIpc) is 3.07. The summed E-state index contributed by atoms with van der Waals surface area (Å²) in [6, 6.07) is 3.76. The van der Waals surface area contributed by atoms with Gasteiger partial charge in [-0.05, 0) is 43.3 Å².